The molecule has 4 rings (SSSR count). The van der Waals surface area contributed by atoms with E-state index in [1.807, 2.05) is 24.5 Å². The highest BCUT2D eigenvalue weighted by molar-refractivity contribution is 5.82. The molecular weight excluding hydrogens is 318 g/mol. The van der Waals surface area contributed by atoms with E-state index in [9.17, 15) is 0 Å². The topological polar surface area (TPSA) is 58.4 Å². The number of methoxy groups -OCH3 is 3. The monoisotopic (exact) mass is 337 g/mol. The number of pyridine rings is 1. The van der Waals surface area contributed by atoms with Gasteiger partial charge in [-0.1, -0.05) is 0 Å². The number of nitrogens with zero attached hydrogens (tertiary/aromatic N) is 3. The van der Waals surface area contributed by atoms with Crippen LogP contribution in [0.4, 0.5) is 0 Å². The molecule has 0 atom stereocenters. The Bertz CT molecular complexity index is 916. The molecule has 0 N–H and O–H groups in total. The zero-order valence-electron chi connectivity index (χ0n) is 14.4. The van der Waals surface area contributed by atoms with E-state index >= 15 is 0 Å². The molecule has 25 heavy (non-hydrogen) atoms. The summed E-state index contributed by atoms with van der Waals surface area (Å²) < 4.78 is 18.2. The second kappa shape index (κ2) is 6.12. The molecule has 0 fully saturated rings. The number of hydrogen-bond donors (Lipinski definition) is 0. The minimum absolute atomic E-state index is 0.587. The molecule has 0 saturated heterocycles. The molecule has 3 heterocycles. The van der Waals surface area contributed by atoms with Gasteiger partial charge in [-0.05, 0) is 30.2 Å². The molecule has 0 saturated carbocycles. The fraction of sp³-hybridized carbons (Fsp3) is 0.263. The minimum atomic E-state index is 0.587. The lowest BCUT2D eigenvalue weighted by atomic mass is 9.95. The first-order chi connectivity index (χ1) is 12.2. The van der Waals surface area contributed by atoms with E-state index in [2.05, 4.69) is 20.6 Å². The van der Waals surface area contributed by atoms with E-state index in [0.29, 0.717) is 5.88 Å². The number of aromatic nitrogens is 3. The van der Waals surface area contributed by atoms with E-state index in [0.717, 1.165) is 47.0 Å². The van der Waals surface area contributed by atoms with E-state index in [1.54, 1.807) is 27.5 Å². The van der Waals surface area contributed by atoms with Gasteiger partial charge in [-0.3, -0.25) is 0 Å². The van der Waals surface area contributed by atoms with Crippen LogP contribution in [-0.4, -0.2) is 35.9 Å². The Hall–Kier alpha value is -3.02. The van der Waals surface area contributed by atoms with Crippen LogP contribution in [0.5, 0.6) is 17.4 Å². The normalized spacial score (nSPS) is 12.3. The highest BCUT2D eigenvalue weighted by Crippen LogP contribution is 2.41. The molecule has 0 unspecified atom stereocenters. The Labute approximate surface area is 146 Å². The number of imidazole rings is 1. The van der Waals surface area contributed by atoms with Crippen molar-refractivity contribution < 1.29 is 14.2 Å². The summed E-state index contributed by atoms with van der Waals surface area (Å²) in [7, 11) is 4.92. The van der Waals surface area contributed by atoms with Crippen LogP contribution in [0.3, 0.4) is 0 Å². The standard InChI is InChI=1S/C19H19N3O3/c1-23-15-8-12-6-7-22-11-21-18(13-4-5-17(25-3)20-10-13)19(22)14(12)9-16(15)24-2/h4-5,8-11H,6-7H2,1-3H3. The molecule has 0 bridgehead atoms. The minimum Gasteiger partial charge on any atom is -0.493 e. The third-order valence-corrected chi connectivity index (χ3v) is 4.54. The maximum absolute atomic E-state index is 5.49. The molecule has 1 aliphatic heterocycles. The third-order valence-electron chi connectivity index (χ3n) is 4.54. The van der Waals surface area contributed by atoms with Crippen molar-refractivity contribution in [1.82, 2.24) is 14.5 Å². The number of benzene rings is 1. The predicted molar refractivity (Wildman–Crippen MR) is 94.3 cm³/mol. The second-order valence-electron chi connectivity index (χ2n) is 5.84. The fourth-order valence-corrected chi connectivity index (χ4v) is 3.28. The van der Waals surface area contributed by atoms with E-state index in [-0.39, 0.29) is 0 Å². The maximum Gasteiger partial charge on any atom is 0.212 e. The van der Waals surface area contributed by atoms with Crippen LogP contribution in [0.25, 0.3) is 22.5 Å². The number of fused-ring (bicyclic) bond motifs is 3. The molecule has 0 radical (unpaired) electrons. The molecule has 6 heteroatoms. The van der Waals surface area contributed by atoms with E-state index < -0.39 is 0 Å². The summed E-state index contributed by atoms with van der Waals surface area (Å²) in [6.07, 6.45) is 4.60. The summed E-state index contributed by atoms with van der Waals surface area (Å²) in [5, 5.41) is 0. The summed E-state index contributed by atoms with van der Waals surface area (Å²) in [6, 6.07) is 7.91. The average Bonchev–Trinajstić information content (AvgIpc) is 3.11. The van der Waals surface area contributed by atoms with Crippen LogP contribution < -0.4 is 14.2 Å². The van der Waals surface area contributed by atoms with E-state index in [4.69, 9.17) is 14.2 Å². The van der Waals surface area contributed by atoms with Gasteiger partial charge in [0.15, 0.2) is 11.5 Å². The Morgan fingerprint density at radius 2 is 1.76 bits per heavy atom. The van der Waals surface area contributed by atoms with Crippen molar-refractivity contribution in [1.29, 1.82) is 0 Å². The fourth-order valence-electron chi connectivity index (χ4n) is 3.28. The van der Waals surface area contributed by atoms with Crippen LogP contribution in [-0.2, 0) is 13.0 Å². The van der Waals surface area contributed by atoms with Crippen molar-refractivity contribution in [3.05, 3.63) is 42.4 Å². The first kappa shape index (κ1) is 15.5. The highest BCUT2D eigenvalue weighted by Gasteiger charge is 2.24. The first-order valence-corrected chi connectivity index (χ1v) is 8.06. The summed E-state index contributed by atoms with van der Waals surface area (Å²) in [4.78, 5) is 8.93. The second-order valence-corrected chi connectivity index (χ2v) is 5.84. The zero-order valence-corrected chi connectivity index (χ0v) is 14.4. The maximum atomic E-state index is 5.49. The summed E-state index contributed by atoms with van der Waals surface area (Å²) in [6.45, 7) is 0.883. The van der Waals surface area contributed by atoms with Crippen LogP contribution in [0.2, 0.25) is 0 Å². The van der Waals surface area contributed by atoms with Gasteiger partial charge in [-0.15, -0.1) is 0 Å². The number of hydrogen-bond acceptors (Lipinski definition) is 5. The van der Waals surface area contributed by atoms with Crippen molar-refractivity contribution in [3.8, 4) is 39.9 Å². The average molecular weight is 337 g/mol. The third kappa shape index (κ3) is 2.50. The van der Waals surface area contributed by atoms with Crippen molar-refractivity contribution >= 4 is 0 Å². The van der Waals surface area contributed by atoms with E-state index in [1.165, 1.54) is 5.56 Å². The molecule has 0 aliphatic carbocycles. The van der Waals surface area contributed by atoms with Crippen molar-refractivity contribution in [2.45, 2.75) is 13.0 Å². The molecule has 6 nitrogen and oxygen atoms in total. The van der Waals surface area contributed by atoms with Gasteiger partial charge in [0.25, 0.3) is 0 Å². The molecule has 128 valence electrons. The van der Waals surface area contributed by atoms with Crippen LogP contribution in [0.15, 0.2) is 36.8 Å². The smallest absolute Gasteiger partial charge is 0.212 e. The van der Waals surface area contributed by atoms with Crippen LogP contribution in [0, 0.1) is 0 Å². The van der Waals surface area contributed by atoms with Gasteiger partial charge >= 0.3 is 0 Å². The van der Waals surface area contributed by atoms with Crippen molar-refractivity contribution in [2.24, 2.45) is 0 Å². The molecule has 3 aromatic rings. The SMILES string of the molecule is COc1ccc(-c2ncn3c2-c2cc(OC)c(OC)cc2CC3)cn1. The lowest BCUT2D eigenvalue weighted by Crippen LogP contribution is -2.11. The summed E-state index contributed by atoms with van der Waals surface area (Å²) in [5.41, 5.74) is 5.29. The van der Waals surface area contributed by atoms with Crippen LogP contribution >= 0.6 is 0 Å². The number of rotatable bonds is 4. The summed E-state index contributed by atoms with van der Waals surface area (Å²) >= 11 is 0. The van der Waals surface area contributed by atoms with Crippen LogP contribution in [0.1, 0.15) is 5.56 Å². The highest BCUT2D eigenvalue weighted by atomic mass is 16.5. The number of aryl methyl sites for hydroxylation is 2. The first-order valence-electron chi connectivity index (χ1n) is 8.06. The van der Waals surface area contributed by atoms with Crippen molar-refractivity contribution in [3.63, 3.8) is 0 Å². The Morgan fingerprint density at radius 3 is 2.44 bits per heavy atom. The molecule has 1 aromatic carbocycles. The molecular formula is C19H19N3O3. The Kier molecular flexibility index (Phi) is 3.80. The van der Waals surface area contributed by atoms with Gasteiger partial charge in [0.05, 0.1) is 39.0 Å². The Morgan fingerprint density at radius 1 is 0.960 bits per heavy atom. The predicted octanol–water partition coefficient (Wildman–Crippen LogP) is 3.19. The Balaban J connectivity index is 1.87. The van der Waals surface area contributed by atoms with Gasteiger partial charge in [0.2, 0.25) is 5.88 Å². The molecule has 0 spiro atoms. The largest absolute Gasteiger partial charge is 0.493 e. The number of ether oxygens (including phenoxy) is 3. The van der Waals surface area contributed by atoms with Gasteiger partial charge in [0.1, 0.15) is 0 Å². The lowest BCUT2D eigenvalue weighted by molar-refractivity contribution is 0.354. The molecule has 2 aromatic heterocycles. The van der Waals surface area contributed by atoms with Gasteiger partial charge in [0, 0.05) is 29.9 Å². The zero-order chi connectivity index (χ0) is 17.4. The van der Waals surface area contributed by atoms with Crippen molar-refractivity contribution in [2.75, 3.05) is 21.3 Å². The van der Waals surface area contributed by atoms with Gasteiger partial charge < -0.3 is 18.8 Å². The van der Waals surface area contributed by atoms with Gasteiger partial charge in [-0.2, -0.15) is 0 Å². The molecule has 0 amide bonds. The lowest BCUT2D eigenvalue weighted by Gasteiger charge is -2.22. The quantitative estimate of drug-likeness (QED) is 0.732. The van der Waals surface area contributed by atoms with Gasteiger partial charge in [-0.25, -0.2) is 9.97 Å². The molecule has 1 aliphatic rings. The summed E-state index contributed by atoms with van der Waals surface area (Å²) in [5.74, 6) is 2.06.